The van der Waals surface area contributed by atoms with Crippen molar-refractivity contribution in [1.29, 1.82) is 0 Å². The number of anilines is 1. The molecule has 0 unspecified atom stereocenters. The van der Waals surface area contributed by atoms with Gasteiger partial charge >= 0.3 is 0 Å². The average molecular weight is 137 g/mol. The van der Waals surface area contributed by atoms with Crippen LogP contribution in [0.3, 0.4) is 0 Å². The molecule has 0 amide bonds. The summed E-state index contributed by atoms with van der Waals surface area (Å²) in [5.74, 6) is 0.841. The van der Waals surface area contributed by atoms with Crippen LogP contribution in [0.2, 0.25) is 0 Å². The number of hydrogen-bond donors (Lipinski definition) is 1. The summed E-state index contributed by atoms with van der Waals surface area (Å²) in [4.78, 5) is 8.17. The Morgan fingerprint density at radius 2 is 2.20 bits per heavy atom. The van der Waals surface area contributed by atoms with Crippen LogP contribution in [0.15, 0.2) is 12.4 Å². The number of aromatic nitrogens is 2. The molecule has 0 saturated heterocycles. The van der Waals surface area contributed by atoms with Crippen molar-refractivity contribution in [2.45, 2.75) is 13.8 Å². The molecule has 10 heavy (non-hydrogen) atoms. The largest absolute Gasteiger partial charge is 0.369 e. The summed E-state index contributed by atoms with van der Waals surface area (Å²) >= 11 is 0. The van der Waals surface area contributed by atoms with E-state index in [1.54, 1.807) is 12.4 Å². The Kier molecular flexibility index (Phi) is 2.20. The van der Waals surface area contributed by atoms with Crippen molar-refractivity contribution in [3.05, 3.63) is 18.1 Å². The van der Waals surface area contributed by atoms with E-state index in [0.717, 1.165) is 18.1 Å². The maximum absolute atomic E-state index is 4.09. The van der Waals surface area contributed by atoms with E-state index in [4.69, 9.17) is 0 Å². The van der Waals surface area contributed by atoms with Gasteiger partial charge in [0.05, 0.1) is 18.1 Å². The van der Waals surface area contributed by atoms with Crippen molar-refractivity contribution in [1.82, 2.24) is 9.97 Å². The van der Waals surface area contributed by atoms with Crippen LogP contribution < -0.4 is 5.32 Å². The Hall–Kier alpha value is -1.12. The highest BCUT2D eigenvalue weighted by atomic mass is 15.0. The van der Waals surface area contributed by atoms with Crippen LogP contribution >= 0.6 is 0 Å². The first kappa shape index (κ1) is 6.99. The molecule has 1 aromatic heterocycles. The van der Waals surface area contributed by atoms with Crippen LogP contribution in [0.5, 0.6) is 0 Å². The van der Waals surface area contributed by atoms with E-state index in [2.05, 4.69) is 15.3 Å². The zero-order valence-electron chi connectivity index (χ0n) is 6.26. The van der Waals surface area contributed by atoms with Gasteiger partial charge in [-0.25, -0.2) is 4.98 Å². The van der Waals surface area contributed by atoms with Crippen LogP contribution in [-0.4, -0.2) is 16.5 Å². The number of aryl methyl sites for hydroxylation is 1. The Morgan fingerprint density at radius 3 is 2.70 bits per heavy atom. The van der Waals surface area contributed by atoms with E-state index in [1.807, 2.05) is 13.8 Å². The summed E-state index contributed by atoms with van der Waals surface area (Å²) in [6.45, 7) is 4.84. The van der Waals surface area contributed by atoms with Crippen LogP contribution in [0, 0.1) is 6.92 Å². The molecule has 0 aliphatic heterocycles. The predicted molar refractivity (Wildman–Crippen MR) is 40.9 cm³/mol. The highest BCUT2D eigenvalue weighted by Crippen LogP contribution is 1.97. The SMILES string of the molecule is CCNc1cnc(C)cn1. The van der Waals surface area contributed by atoms with Gasteiger partial charge in [-0.3, -0.25) is 4.98 Å². The summed E-state index contributed by atoms with van der Waals surface area (Å²) in [7, 11) is 0. The summed E-state index contributed by atoms with van der Waals surface area (Å²) in [6.07, 6.45) is 3.48. The fraction of sp³-hybridized carbons (Fsp3) is 0.429. The second kappa shape index (κ2) is 3.15. The lowest BCUT2D eigenvalue weighted by molar-refractivity contribution is 1.08. The molecule has 3 heteroatoms. The van der Waals surface area contributed by atoms with Crippen LogP contribution in [-0.2, 0) is 0 Å². The molecule has 0 aliphatic carbocycles. The smallest absolute Gasteiger partial charge is 0.144 e. The van der Waals surface area contributed by atoms with Crippen LogP contribution in [0.25, 0.3) is 0 Å². The third kappa shape index (κ3) is 1.69. The Labute approximate surface area is 60.5 Å². The second-order valence-electron chi connectivity index (χ2n) is 2.07. The zero-order chi connectivity index (χ0) is 7.40. The third-order valence-corrected chi connectivity index (χ3v) is 1.14. The fourth-order valence-corrected chi connectivity index (χ4v) is 0.665. The van der Waals surface area contributed by atoms with Gasteiger partial charge in [-0.1, -0.05) is 0 Å². The summed E-state index contributed by atoms with van der Waals surface area (Å²) in [5.41, 5.74) is 0.946. The van der Waals surface area contributed by atoms with Crippen LogP contribution in [0.1, 0.15) is 12.6 Å². The molecule has 0 atom stereocenters. The van der Waals surface area contributed by atoms with E-state index in [9.17, 15) is 0 Å². The van der Waals surface area contributed by atoms with Crippen molar-refractivity contribution in [2.24, 2.45) is 0 Å². The number of nitrogens with one attached hydrogen (secondary N) is 1. The van der Waals surface area contributed by atoms with E-state index in [1.165, 1.54) is 0 Å². The first-order valence-electron chi connectivity index (χ1n) is 3.35. The van der Waals surface area contributed by atoms with E-state index < -0.39 is 0 Å². The van der Waals surface area contributed by atoms with Crippen molar-refractivity contribution in [3.63, 3.8) is 0 Å². The first-order valence-corrected chi connectivity index (χ1v) is 3.35. The minimum atomic E-state index is 0.841. The van der Waals surface area contributed by atoms with E-state index in [-0.39, 0.29) is 0 Å². The number of rotatable bonds is 2. The van der Waals surface area contributed by atoms with Gasteiger partial charge in [0, 0.05) is 6.54 Å². The Morgan fingerprint density at radius 1 is 1.40 bits per heavy atom. The van der Waals surface area contributed by atoms with Gasteiger partial charge in [-0.05, 0) is 13.8 Å². The molecule has 1 aromatic rings. The molecule has 0 aromatic carbocycles. The van der Waals surface area contributed by atoms with E-state index in [0.29, 0.717) is 0 Å². The molecule has 3 nitrogen and oxygen atoms in total. The molecule has 1 N–H and O–H groups in total. The quantitative estimate of drug-likeness (QED) is 0.666. The summed E-state index contributed by atoms with van der Waals surface area (Å²) in [6, 6.07) is 0. The Balaban J connectivity index is 2.69. The van der Waals surface area contributed by atoms with Gasteiger partial charge in [0.1, 0.15) is 5.82 Å². The fourth-order valence-electron chi connectivity index (χ4n) is 0.665. The molecule has 54 valence electrons. The molecule has 0 fully saturated rings. The first-order chi connectivity index (χ1) is 4.83. The topological polar surface area (TPSA) is 37.8 Å². The highest BCUT2D eigenvalue weighted by molar-refractivity contribution is 5.30. The lowest BCUT2D eigenvalue weighted by atomic mass is 10.5. The maximum Gasteiger partial charge on any atom is 0.144 e. The number of hydrogen-bond acceptors (Lipinski definition) is 3. The molecular formula is C7H11N3. The average Bonchev–Trinajstić information content (AvgIpc) is 1.95. The van der Waals surface area contributed by atoms with Crippen molar-refractivity contribution >= 4 is 5.82 Å². The molecule has 1 rings (SSSR count). The van der Waals surface area contributed by atoms with Crippen LogP contribution in [0.4, 0.5) is 5.82 Å². The molecule has 0 spiro atoms. The molecule has 1 heterocycles. The molecule has 0 bridgehead atoms. The van der Waals surface area contributed by atoms with Gasteiger partial charge in [0.15, 0.2) is 0 Å². The lowest BCUT2D eigenvalue weighted by Gasteiger charge is -1.99. The van der Waals surface area contributed by atoms with Crippen molar-refractivity contribution in [2.75, 3.05) is 11.9 Å². The third-order valence-electron chi connectivity index (χ3n) is 1.14. The second-order valence-corrected chi connectivity index (χ2v) is 2.07. The van der Waals surface area contributed by atoms with Gasteiger partial charge in [0.2, 0.25) is 0 Å². The summed E-state index contributed by atoms with van der Waals surface area (Å²) < 4.78 is 0. The monoisotopic (exact) mass is 137 g/mol. The van der Waals surface area contributed by atoms with Crippen molar-refractivity contribution in [3.8, 4) is 0 Å². The van der Waals surface area contributed by atoms with Gasteiger partial charge < -0.3 is 5.32 Å². The predicted octanol–water partition coefficient (Wildman–Crippen LogP) is 1.22. The molecule has 0 aliphatic rings. The maximum atomic E-state index is 4.09. The Bertz CT molecular complexity index is 193. The van der Waals surface area contributed by atoms with Crippen molar-refractivity contribution < 1.29 is 0 Å². The molecular weight excluding hydrogens is 126 g/mol. The lowest BCUT2D eigenvalue weighted by Crippen LogP contribution is -1.99. The standard InChI is InChI=1S/C7H11N3/c1-3-8-7-5-9-6(2)4-10-7/h4-5H,3H2,1-2H3,(H,8,10). The van der Waals surface area contributed by atoms with Gasteiger partial charge in [-0.15, -0.1) is 0 Å². The number of nitrogens with zero attached hydrogens (tertiary/aromatic N) is 2. The highest BCUT2D eigenvalue weighted by Gasteiger charge is 1.88. The minimum Gasteiger partial charge on any atom is -0.369 e. The molecule has 0 saturated carbocycles. The summed E-state index contributed by atoms with van der Waals surface area (Å²) in [5, 5.41) is 3.06. The van der Waals surface area contributed by atoms with Gasteiger partial charge in [0.25, 0.3) is 0 Å². The molecule has 0 radical (unpaired) electrons. The normalized spacial score (nSPS) is 9.40. The van der Waals surface area contributed by atoms with E-state index >= 15 is 0 Å². The zero-order valence-corrected chi connectivity index (χ0v) is 6.26. The minimum absolute atomic E-state index is 0.841. The van der Waals surface area contributed by atoms with Gasteiger partial charge in [-0.2, -0.15) is 0 Å².